The summed E-state index contributed by atoms with van der Waals surface area (Å²) >= 11 is 0. The van der Waals surface area contributed by atoms with Gasteiger partial charge in [-0.15, -0.1) is 0 Å². The fraction of sp³-hybridized carbons (Fsp3) is 0.429. The number of carbonyl (C=O) groups is 2. The topological polar surface area (TPSA) is 99.9 Å². The minimum Gasteiger partial charge on any atom is -0.483 e. The van der Waals surface area contributed by atoms with Crippen molar-refractivity contribution in [3.63, 3.8) is 0 Å². The minimum atomic E-state index is -0.608. The Labute approximate surface area is 123 Å². The van der Waals surface area contributed by atoms with Crippen LogP contribution in [-0.2, 0) is 14.3 Å². The Hall–Kier alpha value is -2.28. The van der Waals surface area contributed by atoms with Crippen LogP contribution < -0.4 is 15.8 Å². The van der Waals surface area contributed by atoms with Crippen LogP contribution in [0.3, 0.4) is 0 Å². The van der Waals surface area contributed by atoms with E-state index >= 15 is 0 Å². The van der Waals surface area contributed by atoms with Crippen molar-refractivity contribution in [2.24, 2.45) is 0 Å². The number of esters is 1. The van der Waals surface area contributed by atoms with Crippen LogP contribution in [0.2, 0.25) is 0 Å². The molecule has 1 aromatic carbocycles. The summed E-state index contributed by atoms with van der Waals surface area (Å²) in [6, 6.07) is 4.75. The highest BCUT2D eigenvalue weighted by atomic mass is 16.5. The summed E-state index contributed by atoms with van der Waals surface area (Å²) in [5.41, 5.74) is 6.08. The largest absolute Gasteiger partial charge is 0.483 e. The Balaban J connectivity index is 2.57. The fourth-order valence-electron chi connectivity index (χ4n) is 1.63. The summed E-state index contributed by atoms with van der Waals surface area (Å²) < 4.78 is 14.9. The Morgan fingerprint density at radius 3 is 2.71 bits per heavy atom. The molecule has 0 spiro atoms. The number of nitrogen functional groups attached to an aromatic ring is 1. The summed E-state index contributed by atoms with van der Waals surface area (Å²) in [5, 5.41) is 2.67. The first-order valence-corrected chi connectivity index (χ1v) is 6.45. The van der Waals surface area contributed by atoms with Gasteiger partial charge in [0.25, 0.3) is 5.91 Å². The summed E-state index contributed by atoms with van der Waals surface area (Å²) in [5.74, 6) is -0.679. The van der Waals surface area contributed by atoms with Crippen molar-refractivity contribution in [3.05, 3.63) is 23.8 Å². The first kappa shape index (κ1) is 16.8. The standard InChI is InChI=1S/C14H20N2O5/c1-19-8-4-7-16-12(17)9-21-11-6-3-5-10(15)13(11)14(18)20-2/h3,5-6H,4,7-9,15H2,1-2H3,(H,16,17). The van der Waals surface area contributed by atoms with E-state index in [1.54, 1.807) is 25.3 Å². The van der Waals surface area contributed by atoms with Gasteiger partial charge in [-0.25, -0.2) is 4.79 Å². The van der Waals surface area contributed by atoms with E-state index < -0.39 is 5.97 Å². The molecule has 0 aromatic heterocycles. The molecule has 21 heavy (non-hydrogen) atoms. The predicted molar refractivity (Wildman–Crippen MR) is 77.2 cm³/mol. The number of methoxy groups -OCH3 is 2. The minimum absolute atomic E-state index is 0.118. The summed E-state index contributed by atoms with van der Waals surface area (Å²) in [6.07, 6.45) is 0.716. The summed E-state index contributed by atoms with van der Waals surface area (Å²) in [4.78, 5) is 23.2. The molecule has 1 rings (SSSR count). The second-order valence-corrected chi connectivity index (χ2v) is 4.20. The monoisotopic (exact) mass is 296 g/mol. The van der Waals surface area contributed by atoms with Gasteiger partial charge in [-0.3, -0.25) is 4.79 Å². The molecule has 0 bridgehead atoms. The molecule has 0 saturated heterocycles. The van der Waals surface area contributed by atoms with Crippen molar-refractivity contribution in [1.82, 2.24) is 5.32 Å². The number of amides is 1. The Morgan fingerprint density at radius 1 is 1.29 bits per heavy atom. The van der Waals surface area contributed by atoms with E-state index in [-0.39, 0.29) is 29.5 Å². The lowest BCUT2D eigenvalue weighted by Gasteiger charge is -2.12. The molecule has 0 unspecified atom stereocenters. The van der Waals surface area contributed by atoms with E-state index in [2.05, 4.69) is 10.1 Å². The van der Waals surface area contributed by atoms with Crippen LogP contribution in [0.25, 0.3) is 0 Å². The highest BCUT2D eigenvalue weighted by Crippen LogP contribution is 2.25. The third-order valence-electron chi connectivity index (χ3n) is 2.65. The van der Waals surface area contributed by atoms with Crippen LogP contribution in [0.4, 0.5) is 5.69 Å². The van der Waals surface area contributed by atoms with Gasteiger partial charge in [0.05, 0.1) is 7.11 Å². The zero-order valence-corrected chi connectivity index (χ0v) is 12.2. The second-order valence-electron chi connectivity index (χ2n) is 4.20. The van der Waals surface area contributed by atoms with Gasteiger partial charge < -0.3 is 25.3 Å². The average molecular weight is 296 g/mol. The third kappa shape index (κ3) is 5.31. The highest BCUT2D eigenvalue weighted by molar-refractivity contribution is 5.98. The number of hydrogen-bond acceptors (Lipinski definition) is 6. The lowest BCUT2D eigenvalue weighted by atomic mass is 10.1. The van der Waals surface area contributed by atoms with Crippen LogP contribution >= 0.6 is 0 Å². The molecule has 1 amide bonds. The van der Waals surface area contributed by atoms with Crippen LogP contribution in [0.1, 0.15) is 16.8 Å². The molecular weight excluding hydrogens is 276 g/mol. The molecule has 1 aromatic rings. The van der Waals surface area contributed by atoms with E-state index in [0.717, 1.165) is 0 Å². The molecule has 3 N–H and O–H groups in total. The smallest absolute Gasteiger partial charge is 0.343 e. The zero-order valence-electron chi connectivity index (χ0n) is 12.2. The Kier molecular flexibility index (Phi) is 7.03. The maximum Gasteiger partial charge on any atom is 0.343 e. The van der Waals surface area contributed by atoms with Crippen molar-refractivity contribution in [1.29, 1.82) is 0 Å². The quantitative estimate of drug-likeness (QED) is 0.414. The molecule has 0 aliphatic rings. The molecule has 0 radical (unpaired) electrons. The van der Waals surface area contributed by atoms with E-state index in [1.807, 2.05) is 0 Å². The number of nitrogens with two attached hydrogens (primary N) is 1. The number of benzene rings is 1. The predicted octanol–water partition coefficient (Wildman–Crippen LogP) is 0.587. The van der Waals surface area contributed by atoms with E-state index in [1.165, 1.54) is 7.11 Å². The van der Waals surface area contributed by atoms with Gasteiger partial charge in [-0.2, -0.15) is 0 Å². The normalized spacial score (nSPS) is 10.0. The fourth-order valence-corrected chi connectivity index (χ4v) is 1.63. The number of ether oxygens (including phenoxy) is 3. The number of anilines is 1. The second kappa shape index (κ2) is 8.80. The summed E-state index contributed by atoms with van der Waals surface area (Å²) in [6.45, 7) is 0.861. The van der Waals surface area contributed by atoms with Crippen LogP contribution in [0, 0.1) is 0 Å². The third-order valence-corrected chi connectivity index (χ3v) is 2.65. The molecule has 116 valence electrons. The first-order chi connectivity index (χ1) is 10.1. The van der Waals surface area contributed by atoms with Gasteiger partial charge in [-0.1, -0.05) is 6.07 Å². The molecule has 7 heteroatoms. The van der Waals surface area contributed by atoms with Gasteiger partial charge in [0, 0.05) is 25.9 Å². The number of hydrogen-bond donors (Lipinski definition) is 2. The Bertz CT molecular complexity index is 490. The van der Waals surface area contributed by atoms with Crippen molar-refractivity contribution in [3.8, 4) is 5.75 Å². The molecule has 0 atom stereocenters. The van der Waals surface area contributed by atoms with Crippen LogP contribution in [0.5, 0.6) is 5.75 Å². The first-order valence-electron chi connectivity index (χ1n) is 6.45. The van der Waals surface area contributed by atoms with E-state index in [4.69, 9.17) is 15.2 Å². The SMILES string of the molecule is COCCCNC(=O)COc1cccc(N)c1C(=O)OC. The maximum absolute atomic E-state index is 11.6. The average Bonchev–Trinajstić information content (AvgIpc) is 2.49. The molecule has 0 fully saturated rings. The molecule has 0 heterocycles. The van der Waals surface area contributed by atoms with Gasteiger partial charge in [0.1, 0.15) is 11.3 Å². The maximum atomic E-state index is 11.6. The number of rotatable bonds is 8. The molecule has 7 nitrogen and oxygen atoms in total. The molecule has 0 aliphatic carbocycles. The van der Waals surface area contributed by atoms with Gasteiger partial charge >= 0.3 is 5.97 Å². The van der Waals surface area contributed by atoms with Gasteiger partial charge in [-0.05, 0) is 18.6 Å². The van der Waals surface area contributed by atoms with Crippen LogP contribution in [0.15, 0.2) is 18.2 Å². The van der Waals surface area contributed by atoms with Gasteiger partial charge in [0.2, 0.25) is 0 Å². The number of nitrogens with one attached hydrogen (secondary N) is 1. The lowest BCUT2D eigenvalue weighted by molar-refractivity contribution is -0.123. The molecule has 0 aliphatic heterocycles. The van der Waals surface area contributed by atoms with Crippen molar-refractivity contribution in [2.45, 2.75) is 6.42 Å². The number of carbonyl (C=O) groups excluding carboxylic acids is 2. The van der Waals surface area contributed by atoms with E-state index in [9.17, 15) is 9.59 Å². The summed E-state index contributed by atoms with van der Waals surface area (Å²) in [7, 11) is 2.85. The molecular formula is C14H20N2O5. The van der Waals surface area contributed by atoms with Crippen molar-refractivity contribution < 1.29 is 23.8 Å². The van der Waals surface area contributed by atoms with Crippen LogP contribution in [-0.4, -0.2) is 45.9 Å². The molecule has 0 saturated carbocycles. The Morgan fingerprint density at radius 2 is 2.05 bits per heavy atom. The van der Waals surface area contributed by atoms with Crippen molar-refractivity contribution in [2.75, 3.05) is 39.7 Å². The highest BCUT2D eigenvalue weighted by Gasteiger charge is 2.17. The van der Waals surface area contributed by atoms with Gasteiger partial charge in [0.15, 0.2) is 6.61 Å². The van der Waals surface area contributed by atoms with E-state index in [0.29, 0.717) is 19.6 Å². The van der Waals surface area contributed by atoms with Crippen molar-refractivity contribution >= 4 is 17.6 Å². The zero-order chi connectivity index (χ0) is 15.7. The lowest BCUT2D eigenvalue weighted by Crippen LogP contribution is -2.30.